The molecule has 1 aromatic carbocycles. The SMILES string of the molecule is O=C([C@H]1CCCCN1S(=O)(=O)c1cccs1)N1CCN(c2ccccc2)CC1. The lowest BCUT2D eigenvalue weighted by Gasteiger charge is -2.40. The Hall–Kier alpha value is -1.90. The smallest absolute Gasteiger partial charge is 0.253 e. The summed E-state index contributed by atoms with van der Waals surface area (Å²) in [6.45, 7) is 3.19. The second-order valence-electron chi connectivity index (χ2n) is 7.21. The Kier molecular flexibility index (Phi) is 5.70. The molecule has 2 aromatic rings. The molecule has 3 heterocycles. The number of rotatable bonds is 4. The van der Waals surface area contributed by atoms with E-state index in [1.165, 1.54) is 15.6 Å². The van der Waals surface area contributed by atoms with Crippen molar-refractivity contribution in [1.29, 1.82) is 0 Å². The molecule has 0 radical (unpaired) electrons. The number of thiophene rings is 1. The fourth-order valence-corrected chi connectivity index (χ4v) is 6.77. The molecular weight excluding hydrogens is 394 g/mol. The van der Waals surface area contributed by atoms with E-state index in [0.717, 1.165) is 31.6 Å². The van der Waals surface area contributed by atoms with Gasteiger partial charge < -0.3 is 9.80 Å². The first kappa shape index (κ1) is 19.4. The summed E-state index contributed by atoms with van der Waals surface area (Å²) >= 11 is 1.21. The van der Waals surface area contributed by atoms with Crippen LogP contribution in [0.1, 0.15) is 19.3 Å². The first-order chi connectivity index (χ1) is 13.6. The summed E-state index contributed by atoms with van der Waals surface area (Å²) in [6.07, 6.45) is 2.29. The minimum atomic E-state index is -3.61. The summed E-state index contributed by atoms with van der Waals surface area (Å²) in [5, 5.41) is 1.76. The molecule has 2 saturated heterocycles. The Morgan fingerprint density at radius 2 is 1.68 bits per heavy atom. The second-order valence-corrected chi connectivity index (χ2v) is 10.3. The van der Waals surface area contributed by atoms with Crippen LogP contribution in [0.4, 0.5) is 5.69 Å². The van der Waals surface area contributed by atoms with Crippen molar-refractivity contribution in [2.45, 2.75) is 29.5 Å². The van der Waals surface area contributed by atoms with Gasteiger partial charge >= 0.3 is 0 Å². The van der Waals surface area contributed by atoms with E-state index >= 15 is 0 Å². The number of nitrogens with zero attached hydrogens (tertiary/aromatic N) is 3. The van der Waals surface area contributed by atoms with Crippen molar-refractivity contribution in [3.8, 4) is 0 Å². The molecule has 8 heteroatoms. The molecule has 150 valence electrons. The van der Waals surface area contributed by atoms with E-state index in [-0.39, 0.29) is 5.91 Å². The van der Waals surface area contributed by atoms with E-state index in [9.17, 15) is 13.2 Å². The van der Waals surface area contributed by atoms with Crippen LogP contribution in [0.2, 0.25) is 0 Å². The van der Waals surface area contributed by atoms with Gasteiger partial charge in [0, 0.05) is 38.4 Å². The van der Waals surface area contributed by atoms with Gasteiger partial charge in [-0.2, -0.15) is 4.31 Å². The van der Waals surface area contributed by atoms with Crippen LogP contribution >= 0.6 is 11.3 Å². The molecule has 0 saturated carbocycles. The maximum atomic E-state index is 13.2. The number of sulfonamides is 1. The Morgan fingerprint density at radius 3 is 2.36 bits per heavy atom. The molecule has 0 aliphatic carbocycles. The molecule has 1 amide bonds. The van der Waals surface area contributed by atoms with Crippen LogP contribution in [-0.2, 0) is 14.8 Å². The van der Waals surface area contributed by atoms with Crippen LogP contribution < -0.4 is 4.90 Å². The number of para-hydroxylation sites is 1. The van der Waals surface area contributed by atoms with Crippen molar-refractivity contribution < 1.29 is 13.2 Å². The molecule has 0 spiro atoms. The van der Waals surface area contributed by atoms with Crippen molar-refractivity contribution in [1.82, 2.24) is 9.21 Å². The third kappa shape index (κ3) is 3.81. The summed E-state index contributed by atoms with van der Waals surface area (Å²) in [4.78, 5) is 17.3. The molecule has 2 aliphatic heterocycles. The standard InChI is InChI=1S/C20H25N3O3S2/c24-20(22-14-12-21(13-15-22)17-7-2-1-3-8-17)18-9-4-5-11-23(18)28(25,26)19-10-6-16-27-19/h1-3,6-8,10,16,18H,4-5,9,11-15H2/t18-/m1/s1. The number of piperazine rings is 1. The quantitative estimate of drug-likeness (QED) is 0.764. The van der Waals surface area contributed by atoms with Gasteiger partial charge in [-0.3, -0.25) is 4.79 Å². The Morgan fingerprint density at radius 1 is 0.929 bits per heavy atom. The van der Waals surface area contributed by atoms with E-state index in [4.69, 9.17) is 0 Å². The van der Waals surface area contributed by atoms with Gasteiger partial charge in [0.05, 0.1) is 0 Å². The minimum absolute atomic E-state index is 0.0486. The normalized spacial score (nSPS) is 21.6. The molecule has 28 heavy (non-hydrogen) atoms. The largest absolute Gasteiger partial charge is 0.368 e. The lowest BCUT2D eigenvalue weighted by atomic mass is 10.0. The van der Waals surface area contributed by atoms with E-state index in [2.05, 4.69) is 17.0 Å². The molecule has 4 rings (SSSR count). The molecule has 0 unspecified atom stereocenters. The highest BCUT2D eigenvalue weighted by molar-refractivity contribution is 7.91. The van der Waals surface area contributed by atoms with Gasteiger partial charge in [-0.25, -0.2) is 8.42 Å². The molecule has 0 N–H and O–H groups in total. The molecule has 1 aromatic heterocycles. The van der Waals surface area contributed by atoms with Crippen molar-refractivity contribution >= 4 is 33.0 Å². The fraction of sp³-hybridized carbons (Fsp3) is 0.450. The third-order valence-electron chi connectivity index (χ3n) is 5.51. The highest BCUT2D eigenvalue weighted by Crippen LogP contribution is 2.29. The zero-order valence-corrected chi connectivity index (χ0v) is 17.4. The van der Waals surface area contributed by atoms with Crippen LogP contribution in [0, 0.1) is 0 Å². The van der Waals surface area contributed by atoms with Crippen LogP contribution in [0.5, 0.6) is 0 Å². The summed E-state index contributed by atoms with van der Waals surface area (Å²) in [5.41, 5.74) is 1.16. The summed E-state index contributed by atoms with van der Waals surface area (Å²) < 4.78 is 27.8. The van der Waals surface area contributed by atoms with Gasteiger partial charge in [-0.05, 0) is 36.4 Å². The predicted molar refractivity (Wildman–Crippen MR) is 111 cm³/mol. The van der Waals surface area contributed by atoms with E-state index in [1.807, 2.05) is 23.1 Å². The Bertz CT molecular complexity index is 892. The van der Waals surface area contributed by atoms with Crippen molar-refractivity contribution in [2.75, 3.05) is 37.6 Å². The lowest BCUT2D eigenvalue weighted by Crippen LogP contribution is -2.57. The number of carbonyl (C=O) groups is 1. The van der Waals surface area contributed by atoms with Crippen LogP contribution in [0.3, 0.4) is 0 Å². The van der Waals surface area contributed by atoms with Gasteiger partial charge in [-0.1, -0.05) is 30.7 Å². The van der Waals surface area contributed by atoms with Gasteiger partial charge in [0.2, 0.25) is 5.91 Å². The highest BCUT2D eigenvalue weighted by atomic mass is 32.2. The molecule has 2 fully saturated rings. The maximum Gasteiger partial charge on any atom is 0.253 e. The van der Waals surface area contributed by atoms with Gasteiger partial charge in [0.1, 0.15) is 10.3 Å². The Balaban J connectivity index is 1.46. The highest BCUT2D eigenvalue weighted by Gasteiger charge is 2.40. The van der Waals surface area contributed by atoms with Gasteiger partial charge in [-0.15, -0.1) is 11.3 Å². The minimum Gasteiger partial charge on any atom is -0.368 e. The van der Waals surface area contributed by atoms with E-state index in [0.29, 0.717) is 30.3 Å². The number of amides is 1. The molecule has 0 bridgehead atoms. The van der Waals surface area contributed by atoms with Crippen molar-refractivity contribution in [2.24, 2.45) is 0 Å². The van der Waals surface area contributed by atoms with Crippen LogP contribution in [-0.4, -0.2) is 62.3 Å². The van der Waals surface area contributed by atoms with Crippen LogP contribution in [0.15, 0.2) is 52.1 Å². The number of benzene rings is 1. The number of hydrogen-bond acceptors (Lipinski definition) is 5. The molecule has 6 nitrogen and oxygen atoms in total. The number of piperidine rings is 1. The Labute approximate surface area is 170 Å². The number of hydrogen-bond donors (Lipinski definition) is 0. The molecule has 1 atom stereocenters. The third-order valence-corrected chi connectivity index (χ3v) is 8.79. The zero-order chi connectivity index (χ0) is 19.6. The summed E-state index contributed by atoms with van der Waals surface area (Å²) in [7, 11) is -3.61. The van der Waals surface area contributed by atoms with E-state index in [1.54, 1.807) is 17.5 Å². The summed E-state index contributed by atoms with van der Waals surface area (Å²) in [6, 6.07) is 13.0. The van der Waals surface area contributed by atoms with Gasteiger partial charge in [0.25, 0.3) is 10.0 Å². The van der Waals surface area contributed by atoms with Gasteiger partial charge in [0.15, 0.2) is 0 Å². The topological polar surface area (TPSA) is 60.9 Å². The lowest BCUT2D eigenvalue weighted by molar-refractivity contribution is -0.136. The fourth-order valence-electron chi connectivity index (χ4n) is 4.00. The van der Waals surface area contributed by atoms with E-state index < -0.39 is 16.1 Å². The maximum absolute atomic E-state index is 13.2. The molecular formula is C20H25N3O3S2. The van der Waals surface area contributed by atoms with Crippen molar-refractivity contribution in [3.05, 3.63) is 47.8 Å². The van der Waals surface area contributed by atoms with Crippen molar-refractivity contribution in [3.63, 3.8) is 0 Å². The average Bonchev–Trinajstić information content (AvgIpc) is 3.30. The zero-order valence-electron chi connectivity index (χ0n) is 15.7. The predicted octanol–water partition coefficient (Wildman–Crippen LogP) is 2.64. The molecule has 2 aliphatic rings. The first-order valence-electron chi connectivity index (χ1n) is 9.71. The van der Waals surface area contributed by atoms with Crippen LogP contribution in [0.25, 0.3) is 0 Å². The average molecular weight is 420 g/mol. The summed E-state index contributed by atoms with van der Waals surface area (Å²) in [5.74, 6) is -0.0486. The first-order valence-corrected chi connectivity index (χ1v) is 12.0. The monoisotopic (exact) mass is 419 g/mol. The number of carbonyl (C=O) groups excluding carboxylic acids is 1. The number of anilines is 1. The second kappa shape index (κ2) is 8.23.